The minimum absolute atomic E-state index is 0.0557. The van der Waals surface area contributed by atoms with Gasteiger partial charge in [0.1, 0.15) is 0 Å². The lowest BCUT2D eigenvalue weighted by molar-refractivity contribution is -0.385. The van der Waals surface area contributed by atoms with Crippen LogP contribution in [0, 0.1) is 10.1 Å². The van der Waals surface area contributed by atoms with Crippen LogP contribution in [0.1, 0.15) is 11.1 Å². The van der Waals surface area contributed by atoms with Crippen molar-refractivity contribution in [2.45, 2.75) is 12.7 Å². The number of alkyl halides is 3. The van der Waals surface area contributed by atoms with Crippen LogP contribution in [0.25, 0.3) is 0 Å². The second-order valence-corrected chi connectivity index (χ2v) is 4.57. The zero-order chi connectivity index (χ0) is 16.9. The van der Waals surface area contributed by atoms with E-state index in [1.807, 2.05) is 0 Å². The molecule has 1 rings (SSSR count). The molecule has 0 unspecified atom stereocenters. The zero-order valence-electron chi connectivity index (χ0n) is 11.6. The maximum Gasteiger partial charge on any atom is 0.416 e. The predicted octanol–water partition coefficient (Wildman–Crippen LogP) is 2.31. The van der Waals surface area contributed by atoms with Crippen molar-refractivity contribution in [3.63, 3.8) is 0 Å². The molecule has 0 fully saturated rings. The molecule has 0 atom stereocenters. The highest BCUT2D eigenvalue weighted by Gasteiger charge is 2.35. The summed E-state index contributed by atoms with van der Waals surface area (Å²) >= 11 is 0. The molecule has 0 bridgehead atoms. The monoisotopic (exact) mass is 321 g/mol. The van der Waals surface area contributed by atoms with Crippen molar-refractivity contribution in [2.75, 3.05) is 20.1 Å². The topological polar surface area (TPSA) is 95.7 Å². The first-order valence-electron chi connectivity index (χ1n) is 6.11. The molecule has 0 spiro atoms. The largest absolute Gasteiger partial charge is 0.465 e. The fourth-order valence-electron chi connectivity index (χ4n) is 1.80. The number of carbonyl (C=O) groups is 1. The highest BCUT2D eigenvalue weighted by Crippen LogP contribution is 2.34. The third-order valence-electron chi connectivity index (χ3n) is 2.82. The molecule has 2 N–H and O–H groups in total. The van der Waals surface area contributed by atoms with Gasteiger partial charge in [-0.2, -0.15) is 13.2 Å². The molecule has 1 amide bonds. The van der Waals surface area contributed by atoms with Gasteiger partial charge in [0, 0.05) is 31.8 Å². The normalized spacial score (nSPS) is 11.5. The molecule has 22 heavy (non-hydrogen) atoms. The summed E-state index contributed by atoms with van der Waals surface area (Å²) in [7, 11) is 1.52. The second-order valence-electron chi connectivity index (χ2n) is 4.57. The average Bonchev–Trinajstić information content (AvgIpc) is 2.37. The van der Waals surface area contributed by atoms with Gasteiger partial charge in [-0.1, -0.05) is 6.07 Å². The second kappa shape index (κ2) is 7.07. The number of hydrogen-bond donors (Lipinski definition) is 2. The van der Waals surface area contributed by atoms with Gasteiger partial charge < -0.3 is 15.3 Å². The minimum Gasteiger partial charge on any atom is -0.465 e. The summed E-state index contributed by atoms with van der Waals surface area (Å²) in [5, 5.41) is 21.1. The zero-order valence-corrected chi connectivity index (χ0v) is 11.6. The Kier molecular flexibility index (Phi) is 5.69. The lowest BCUT2D eigenvalue weighted by atomic mass is 10.1. The van der Waals surface area contributed by atoms with Crippen LogP contribution in [-0.4, -0.2) is 41.2 Å². The lowest BCUT2D eigenvalue weighted by Crippen LogP contribution is -2.32. The van der Waals surface area contributed by atoms with E-state index in [0.29, 0.717) is 6.07 Å². The van der Waals surface area contributed by atoms with Crippen molar-refractivity contribution in [1.29, 1.82) is 0 Å². The summed E-state index contributed by atoms with van der Waals surface area (Å²) < 4.78 is 38.9. The number of halogens is 3. The molecule has 0 heterocycles. The molecular formula is C12H14F3N3O4. The Bertz CT molecular complexity index is 563. The fourth-order valence-corrected chi connectivity index (χ4v) is 1.80. The Morgan fingerprint density at radius 2 is 2.09 bits per heavy atom. The van der Waals surface area contributed by atoms with E-state index >= 15 is 0 Å². The molecule has 0 saturated carbocycles. The van der Waals surface area contributed by atoms with Gasteiger partial charge in [0.2, 0.25) is 0 Å². The van der Waals surface area contributed by atoms with E-state index in [1.54, 1.807) is 0 Å². The van der Waals surface area contributed by atoms with E-state index in [9.17, 15) is 28.1 Å². The molecule has 1 aromatic rings. The molecule has 0 radical (unpaired) electrons. The van der Waals surface area contributed by atoms with Crippen molar-refractivity contribution in [2.24, 2.45) is 0 Å². The highest BCUT2D eigenvalue weighted by molar-refractivity contribution is 5.64. The van der Waals surface area contributed by atoms with Gasteiger partial charge >= 0.3 is 12.3 Å². The smallest absolute Gasteiger partial charge is 0.416 e. The number of nitrogens with one attached hydrogen (secondary N) is 1. The molecule has 0 aromatic heterocycles. The Labute approximate surface area is 123 Å². The van der Waals surface area contributed by atoms with Crippen LogP contribution in [0.4, 0.5) is 23.7 Å². The summed E-state index contributed by atoms with van der Waals surface area (Å²) in [4.78, 5) is 21.5. The molecular weight excluding hydrogens is 307 g/mol. The van der Waals surface area contributed by atoms with E-state index in [4.69, 9.17) is 5.11 Å². The Hall–Kier alpha value is -2.36. The molecule has 7 nitrogen and oxygen atoms in total. The van der Waals surface area contributed by atoms with Gasteiger partial charge in [-0.15, -0.1) is 0 Å². The van der Waals surface area contributed by atoms with E-state index in [-0.39, 0.29) is 25.2 Å². The Morgan fingerprint density at radius 3 is 2.59 bits per heavy atom. The molecule has 0 saturated heterocycles. The van der Waals surface area contributed by atoms with Crippen LogP contribution in [-0.2, 0) is 12.7 Å². The Balaban J connectivity index is 2.89. The van der Waals surface area contributed by atoms with Crippen molar-refractivity contribution < 1.29 is 28.0 Å². The van der Waals surface area contributed by atoms with Crippen molar-refractivity contribution in [3.05, 3.63) is 39.4 Å². The van der Waals surface area contributed by atoms with Crippen LogP contribution in [0.2, 0.25) is 0 Å². The number of nitrogens with zero attached hydrogens (tertiary/aromatic N) is 2. The number of hydrogen-bond acceptors (Lipinski definition) is 4. The SMILES string of the molecule is CN(CCNC(=O)O)Cc1ccc([N+](=O)[O-])cc1C(F)(F)F. The van der Waals surface area contributed by atoms with Crippen molar-refractivity contribution in [1.82, 2.24) is 10.2 Å². The molecule has 0 aliphatic rings. The quantitative estimate of drug-likeness (QED) is 0.619. The average molecular weight is 321 g/mol. The number of nitro benzene ring substituents is 1. The van der Waals surface area contributed by atoms with Gasteiger partial charge in [-0.05, 0) is 12.6 Å². The Morgan fingerprint density at radius 1 is 1.45 bits per heavy atom. The number of carboxylic acid groups (broad SMARTS) is 1. The number of non-ortho nitro benzene ring substituents is 1. The van der Waals surface area contributed by atoms with Crippen molar-refractivity contribution in [3.8, 4) is 0 Å². The first-order valence-corrected chi connectivity index (χ1v) is 6.11. The van der Waals surface area contributed by atoms with E-state index in [0.717, 1.165) is 12.1 Å². The highest BCUT2D eigenvalue weighted by atomic mass is 19.4. The summed E-state index contributed by atoms with van der Waals surface area (Å²) in [5.41, 5.74) is -1.82. The van der Waals surface area contributed by atoms with E-state index < -0.39 is 28.4 Å². The third-order valence-corrected chi connectivity index (χ3v) is 2.82. The third kappa shape index (κ3) is 5.20. The van der Waals surface area contributed by atoms with Crippen LogP contribution in [0.5, 0.6) is 0 Å². The maximum absolute atomic E-state index is 13.0. The van der Waals surface area contributed by atoms with Gasteiger partial charge in [0.05, 0.1) is 10.5 Å². The standard InChI is InChI=1S/C12H14F3N3O4/c1-17(5-4-16-11(19)20)7-8-2-3-9(18(21)22)6-10(8)12(13,14)15/h2-3,6,16H,4-5,7H2,1H3,(H,19,20). The summed E-state index contributed by atoms with van der Waals surface area (Å²) in [6.07, 6.45) is -5.93. The molecule has 0 aliphatic heterocycles. The van der Waals surface area contributed by atoms with Gasteiger partial charge in [-0.3, -0.25) is 10.1 Å². The minimum atomic E-state index is -4.71. The molecule has 122 valence electrons. The maximum atomic E-state index is 13.0. The number of amides is 1. The predicted molar refractivity (Wildman–Crippen MR) is 70.5 cm³/mol. The van der Waals surface area contributed by atoms with Crippen LogP contribution in [0.3, 0.4) is 0 Å². The lowest BCUT2D eigenvalue weighted by Gasteiger charge is -2.19. The summed E-state index contributed by atoms with van der Waals surface area (Å²) in [6.45, 7) is 0.134. The van der Waals surface area contributed by atoms with Crippen LogP contribution in [0.15, 0.2) is 18.2 Å². The van der Waals surface area contributed by atoms with Crippen molar-refractivity contribution >= 4 is 11.8 Å². The number of nitro groups is 1. The van der Waals surface area contributed by atoms with E-state index in [1.165, 1.54) is 11.9 Å². The van der Waals surface area contributed by atoms with Gasteiger partial charge in [0.25, 0.3) is 5.69 Å². The fraction of sp³-hybridized carbons (Fsp3) is 0.417. The molecule has 0 aliphatic carbocycles. The first-order chi connectivity index (χ1) is 10.1. The number of benzene rings is 1. The summed E-state index contributed by atoms with van der Waals surface area (Å²) in [6, 6.07) is 2.56. The number of likely N-dealkylation sites (N-methyl/N-ethyl adjacent to an activating group) is 1. The molecule has 1 aromatic carbocycles. The number of rotatable bonds is 6. The van der Waals surface area contributed by atoms with E-state index in [2.05, 4.69) is 5.32 Å². The van der Waals surface area contributed by atoms with Gasteiger partial charge in [-0.25, -0.2) is 4.79 Å². The molecule has 10 heteroatoms. The first kappa shape index (κ1) is 17.7. The summed E-state index contributed by atoms with van der Waals surface area (Å²) in [5.74, 6) is 0. The van der Waals surface area contributed by atoms with Crippen LogP contribution >= 0.6 is 0 Å². The van der Waals surface area contributed by atoms with Crippen LogP contribution < -0.4 is 5.32 Å². The van der Waals surface area contributed by atoms with Gasteiger partial charge in [0.15, 0.2) is 0 Å².